The number of hydrogen-bond donors (Lipinski definition) is 1. The molecule has 3 heterocycles. The molecular formula is C13H14ClN3O2S. The summed E-state index contributed by atoms with van der Waals surface area (Å²) in [4.78, 5) is 21.2. The maximum Gasteiger partial charge on any atom is 0.258 e. The highest BCUT2D eigenvalue weighted by atomic mass is 35.5. The first kappa shape index (κ1) is 13.7. The third-order valence-electron chi connectivity index (χ3n) is 3.32. The quantitative estimate of drug-likeness (QED) is 0.637. The third-order valence-corrected chi connectivity index (χ3v) is 4.70. The van der Waals surface area contributed by atoms with Crippen LogP contribution in [0.3, 0.4) is 0 Å². The Labute approximate surface area is 126 Å². The predicted molar refractivity (Wildman–Crippen MR) is 77.0 cm³/mol. The van der Waals surface area contributed by atoms with Crippen LogP contribution in [0, 0.1) is 0 Å². The van der Waals surface area contributed by atoms with E-state index in [1.165, 1.54) is 11.8 Å². The van der Waals surface area contributed by atoms with Gasteiger partial charge in [-0.25, -0.2) is 4.98 Å². The van der Waals surface area contributed by atoms with Gasteiger partial charge in [-0.15, -0.1) is 0 Å². The Morgan fingerprint density at radius 3 is 2.85 bits per heavy atom. The summed E-state index contributed by atoms with van der Waals surface area (Å²) in [5, 5.41) is 3.84. The predicted octanol–water partition coefficient (Wildman–Crippen LogP) is 2.34. The average Bonchev–Trinajstić information content (AvgIpc) is 2.35. The van der Waals surface area contributed by atoms with Crippen LogP contribution in [-0.4, -0.2) is 28.5 Å². The second kappa shape index (κ2) is 4.63. The summed E-state index contributed by atoms with van der Waals surface area (Å²) in [6.45, 7) is 4.04. The van der Waals surface area contributed by atoms with Gasteiger partial charge in [0.25, 0.3) is 5.91 Å². The van der Waals surface area contributed by atoms with Crippen LogP contribution < -0.4 is 10.1 Å². The smallest absolute Gasteiger partial charge is 0.258 e. The van der Waals surface area contributed by atoms with Gasteiger partial charge in [0.15, 0.2) is 0 Å². The molecule has 0 bridgehead atoms. The summed E-state index contributed by atoms with van der Waals surface area (Å²) in [7, 11) is 1.56. The number of thioether (sulfide) groups is 1. The molecule has 0 aliphatic carbocycles. The van der Waals surface area contributed by atoms with Crippen LogP contribution >= 0.6 is 23.4 Å². The Kier molecular flexibility index (Phi) is 3.17. The number of nitrogens with zero attached hydrogens (tertiary/aromatic N) is 2. The van der Waals surface area contributed by atoms with Crippen molar-refractivity contribution in [3.8, 4) is 5.88 Å². The molecule has 0 saturated carbocycles. The SMILES string of the molecule is COc1nc(Cl)nc2c1CC1=C(S2)C(=O)NC(C)(C)C1. The Morgan fingerprint density at radius 2 is 2.15 bits per heavy atom. The topological polar surface area (TPSA) is 64.1 Å². The van der Waals surface area contributed by atoms with E-state index >= 15 is 0 Å². The zero-order valence-electron chi connectivity index (χ0n) is 11.4. The molecule has 0 atom stereocenters. The summed E-state index contributed by atoms with van der Waals surface area (Å²) >= 11 is 7.23. The van der Waals surface area contributed by atoms with Crippen LogP contribution in [0.5, 0.6) is 5.88 Å². The Hall–Kier alpha value is -1.27. The summed E-state index contributed by atoms with van der Waals surface area (Å²) in [6.07, 6.45) is 1.45. The third kappa shape index (κ3) is 2.27. The molecule has 106 valence electrons. The van der Waals surface area contributed by atoms with Gasteiger partial charge in [-0.2, -0.15) is 4.98 Å². The number of nitrogens with one attached hydrogen (secondary N) is 1. The van der Waals surface area contributed by atoms with E-state index in [1.54, 1.807) is 7.11 Å². The van der Waals surface area contributed by atoms with E-state index in [4.69, 9.17) is 16.3 Å². The van der Waals surface area contributed by atoms with Crippen LogP contribution in [0.2, 0.25) is 5.28 Å². The maximum absolute atomic E-state index is 12.2. The van der Waals surface area contributed by atoms with Crippen molar-refractivity contribution in [2.45, 2.75) is 37.3 Å². The van der Waals surface area contributed by atoms with Crippen LogP contribution in [-0.2, 0) is 11.2 Å². The van der Waals surface area contributed by atoms with E-state index < -0.39 is 0 Å². The zero-order chi connectivity index (χ0) is 14.5. The number of rotatable bonds is 1. The zero-order valence-corrected chi connectivity index (χ0v) is 13.0. The van der Waals surface area contributed by atoms with E-state index in [1.807, 2.05) is 13.8 Å². The fourth-order valence-electron chi connectivity index (χ4n) is 2.58. The van der Waals surface area contributed by atoms with Crippen LogP contribution in [0.4, 0.5) is 0 Å². The van der Waals surface area contributed by atoms with Crippen LogP contribution in [0.15, 0.2) is 15.5 Å². The molecule has 1 aromatic heterocycles. The Balaban J connectivity index is 2.06. The number of fused-ring (bicyclic) bond motifs is 1. The lowest BCUT2D eigenvalue weighted by atomic mass is 9.88. The molecule has 0 radical (unpaired) electrons. The lowest BCUT2D eigenvalue weighted by Gasteiger charge is -2.35. The molecule has 1 N–H and O–H groups in total. The van der Waals surface area contributed by atoms with E-state index in [-0.39, 0.29) is 16.7 Å². The van der Waals surface area contributed by atoms with E-state index in [0.29, 0.717) is 17.3 Å². The lowest BCUT2D eigenvalue weighted by molar-refractivity contribution is -0.118. The molecule has 3 rings (SSSR count). The summed E-state index contributed by atoms with van der Waals surface area (Å²) in [5.74, 6) is 0.448. The first-order valence-corrected chi connectivity index (χ1v) is 7.42. The van der Waals surface area contributed by atoms with Crippen molar-refractivity contribution < 1.29 is 9.53 Å². The van der Waals surface area contributed by atoms with Crippen molar-refractivity contribution in [3.63, 3.8) is 0 Å². The highest BCUT2D eigenvalue weighted by molar-refractivity contribution is 8.04. The molecule has 2 aliphatic rings. The molecule has 20 heavy (non-hydrogen) atoms. The number of hydrogen-bond acceptors (Lipinski definition) is 5. The first-order valence-electron chi connectivity index (χ1n) is 6.22. The van der Waals surface area contributed by atoms with Gasteiger partial charge >= 0.3 is 0 Å². The number of carbonyl (C=O) groups excluding carboxylic acids is 1. The molecule has 0 saturated heterocycles. The molecule has 2 aliphatic heterocycles. The maximum atomic E-state index is 12.2. The van der Waals surface area contributed by atoms with Crippen LogP contribution in [0.25, 0.3) is 0 Å². The minimum Gasteiger partial charge on any atom is -0.481 e. The van der Waals surface area contributed by atoms with Crippen molar-refractivity contribution in [3.05, 3.63) is 21.3 Å². The summed E-state index contributed by atoms with van der Waals surface area (Å²) < 4.78 is 5.28. The Bertz CT molecular complexity index is 643. The molecule has 1 amide bonds. The van der Waals surface area contributed by atoms with Crippen molar-refractivity contribution in [1.82, 2.24) is 15.3 Å². The largest absolute Gasteiger partial charge is 0.481 e. The number of carbonyl (C=O) groups is 1. The molecular weight excluding hydrogens is 298 g/mol. The normalized spacial score (nSPS) is 20.1. The number of ether oxygens (including phenoxy) is 1. The minimum absolute atomic E-state index is 0.0411. The molecule has 0 spiro atoms. The van der Waals surface area contributed by atoms with Crippen LogP contribution in [0.1, 0.15) is 25.8 Å². The molecule has 5 nitrogen and oxygen atoms in total. The second-order valence-electron chi connectivity index (χ2n) is 5.51. The van der Waals surface area contributed by atoms with Gasteiger partial charge in [0, 0.05) is 12.0 Å². The van der Waals surface area contributed by atoms with Gasteiger partial charge in [0.2, 0.25) is 11.2 Å². The van der Waals surface area contributed by atoms with Gasteiger partial charge < -0.3 is 10.1 Å². The molecule has 1 aromatic rings. The number of amides is 1. The first-order chi connectivity index (χ1) is 9.39. The fraction of sp³-hybridized carbons (Fsp3) is 0.462. The highest BCUT2D eigenvalue weighted by Gasteiger charge is 2.36. The summed E-state index contributed by atoms with van der Waals surface area (Å²) in [6, 6.07) is 0. The van der Waals surface area contributed by atoms with Gasteiger partial charge in [-0.1, -0.05) is 11.8 Å². The van der Waals surface area contributed by atoms with Crippen molar-refractivity contribution in [2.75, 3.05) is 7.11 Å². The number of methoxy groups -OCH3 is 1. The van der Waals surface area contributed by atoms with Crippen molar-refractivity contribution in [2.24, 2.45) is 0 Å². The highest BCUT2D eigenvalue weighted by Crippen LogP contribution is 2.44. The minimum atomic E-state index is -0.228. The standard InChI is InChI=1S/C13H14ClN3O2S/c1-13(2)5-6-4-7-10(19-3)15-12(14)16-11(7)20-8(6)9(18)17-13/h4-5H2,1-3H3,(H,17,18). The number of aromatic nitrogens is 2. The van der Waals surface area contributed by atoms with Crippen molar-refractivity contribution in [1.29, 1.82) is 0 Å². The lowest BCUT2D eigenvalue weighted by Crippen LogP contribution is -2.48. The fourth-order valence-corrected chi connectivity index (χ4v) is 3.83. The average molecular weight is 312 g/mol. The number of halogens is 1. The van der Waals surface area contributed by atoms with Gasteiger partial charge in [-0.05, 0) is 37.4 Å². The molecule has 0 fully saturated rings. The molecule has 7 heteroatoms. The second-order valence-corrected chi connectivity index (χ2v) is 6.85. The van der Waals surface area contributed by atoms with Gasteiger partial charge in [-0.3, -0.25) is 4.79 Å². The van der Waals surface area contributed by atoms with E-state index in [0.717, 1.165) is 22.5 Å². The molecule has 0 aromatic carbocycles. The summed E-state index contributed by atoms with van der Waals surface area (Å²) in [5.41, 5.74) is 1.79. The van der Waals surface area contributed by atoms with Gasteiger partial charge in [0.1, 0.15) is 5.03 Å². The monoisotopic (exact) mass is 311 g/mol. The van der Waals surface area contributed by atoms with Crippen molar-refractivity contribution >= 4 is 29.3 Å². The van der Waals surface area contributed by atoms with E-state index in [2.05, 4.69) is 15.3 Å². The molecule has 0 unspecified atom stereocenters. The van der Waals surface area contributed by atoms with Gasteiger partial charge in [0.05, 0.1) is 17.6 Å². The Morgan fingerprint density at radius 1 is 1.40 bits per heavy atom. The van der Waals surface area contributed by atoms with E-state index in [9.17, 15) is 4.79 Å².